The third kappa shape index (κ3) is 4.45. The molecule has 10 aromatic rings. The first kappa shape index (κ1) is 30.1. The van der Waals surface area contributed by atoms with Crippen LogP contribution >= 0.6 is 22.7 Å². The Kier molecular flexibility index (Phi) is 6.51. The van der Waals surface area contributed by atoms with Gasteiger partial charge in [0, 0.05) is 57.4 Å². The van der Waals surface area contributed by atoms with Crippen molar-refractivity contribution in [1.29, 1.82) is 0 Å². The van der Waals surface area contributed by atoms with E-state index in [1.165, 1.54) is 89.9 Å². The summed E-state index contributed by atoms with van der Waals surface area (Å²) < 4.78 is 5.44. The van der Waals surface area contributed by atoms with E-state index in [0.29, 0.717) is 0 Å². The van der Waals surface area contributed by atoms with Gasteiger partial charge in [-0.05, 0) is 98.0 Å². The zero-order chi connectivity index (χ0) is 34.6. The van der Waals surface area contributed by atoms with E-state index in [1.54, 1.807) is 5.19 Å². The first-order valence-electron chi connectivity index (χ1n) is 17.9. The third-order valence-corrected chi connectivity index (χ3v) is 17.1. The lowest BCUT2D eigenvalue weighted by atomic mass is 10.0. The van der Waals surface area contributed by atoms with Crippen LogP contribution < -0.4 is 15.3 Å². The molecule has 8 aromatic carbocycles. The molecule has 0 saturated carbocycles. The summed E-state index contributed by atoms with van der Waals surface area (Å²) in [5.74, 6) is 0. The Morgan fingerprint density at radius 1 is 0.423 bits per heavy atom. The van der Waals surface area contributed by atoms with Gasteiger partial charge in [-0.2, -0.15) is 0 Å². The molecule has 0 fully saturated rings. The minimum atomic E-state index is -1.99. The summed E-state index contributed by atoms with van der Waals surface area (Å²) in [6, 6.07) is 61.3. The fourth-order valence-electron chi connectivity index (χ4n) is 8.60. The molecule has 1 aliphatic rings. The van der Waals surface area contributed by atoms with Gasteiger partial charge in [0.25, 0.3) is 0 Å². The predicted molar refractivity (Wildman–Crippen MR) is 232 cm³/mol. The number of hydrogen-bond acceptors (Lipinski definition) is 3. The molecule has 246 valence electrons. The Labute approximate surface area is 311 Å². The van der Waals surface area contributed by atoms with Gasteiger partial charge in [0.1, 0.15) is 8.07 Å². The Bertz CT molecular complexity index is 3060. The molecule has 0 N–H and O–H groups in total. The number of rotatable bonds is 4. The van der Waals surface area contributed by atoms with Crippen molar-refractivity contribution >= 4 is 109 Å². The van der Waals surface area contributed by atoms with E-state index >= 15 is 0 Å². The molecule has 0 unspecified atom stereocenters. The van der Waals surface area contributed by atoms with Crippen molar-refractivity contribution in [1.82, 2.24) is 0 Å². The summed E-state index contributed by atoms with van der Waals surface area (Å²) in [5.41, 5.74) is 8.89. The van der Waals surface area contributed by atoms with E-state index in [-0.39, 0.29) is 0 Å². The third-order valence-electron chi connectivity index (χ3n) is 11.3. The van der Waals surface area contributed by atoms with Crippen LogP contribution in [0.4, 0.5) is 17.1 Å². The largest absolute Gasteiger partial charge is 0.310 e. The highest BCUT2D eigenvalue weighted by molar-refractivity contribution is 7.27. The number of thiophene rings is 2. The zero-order valence-corrected chi connectivity index (χ0v) is 31.5. The second kappa shape index (κ2) is 11.2. The summed E-state index contributed by atoms with van der Waals surface area (Å²) in [7, 11) is -1.99. The fourth-order valence-corrected chi connectivity index (χ4v) is 14.2. The highest BCUT2D eigenvalue weighted by Gasteiger charge is 2.39. The first-order chi connectivity index (χ1) is 25.5. The maximum absolute atomic E-state index is 2.53. The lowest BCUT2D eigenvalue weighted by molar-refractivity contribution is 1.29. The number of nitrogens with zero attached hydrogens (tertiary/aromatic N) is 1. The van der Waals surface area contributed by atoms with E-state index in [2.05, 4.69) is 182 Å². The van der Waals surface area contributed by atoms with E-state index in [4.69, 9.17) is 0 Å². The van der Waals surface area contributed by atoms with Crippen LogP contribution in [0.1, 0.15) is 0 Å². The van der Waals surface area contributed by atoms with E-state index in [9.17, 15) is 0 Å². The van der Waals surface area contributed by atoms with Crippen molar-refractivity contribution in [2.75, 3.05) is 4.90 Å². The van der Waals surface area contributed by atoms with Crippen molar-refractivity contribution in [3.05, 3.63) is 164 Å². The smallest absolute Gasteiger partial charge is 0.114 e. The van der Waals surface area contributed by atoms with E-state index in [0.717, 1.165) is 5.69 Å². The first-order valence-corrected chi connectivity index (χ1v) is 22.5. The molecule has 0 radical (unpaired) electrons. The molecule has 2 aromatic heterocycles. The minimum absolute atomic E-state index is 1.16. The van der Waals surface area contributed by atoms with Crippen LogP contribution in [0.15, 0.2) is 164 Å². The van der Waals surface area contributed by atoms with E-state index < -0.39 is 8.07 Å². The predicted octanol–water partition coefficient (Wildman–Crippen LogP) is 13.5. The van der Waals surface area contributed by atoms with E-state index in [1.807, 2.05) is 22.7 Å². The second-order valence-electron chi connectivity index (χ2n) is 14.5. The number of fused-ring (bicyclic) bond motifs is 11. The SMILES string of the molecule is C[Si]1(C)c2cc(N(c3ccc(-c4ccc5ccccc5c4)cc3)c3ccc4c(c3)sc3ccccc34)ccc2-c2c1ccc1c2sc2ccccc21. The van der Waals surface area contributed by atoms with Gasteiger partial charge < -0.3 is 4.90 Å². The van der Waals surface area contributed by atoms with Gasteiger partial charge in [-0.15, -0.1) is 22.7 Å². The Balaban J connectivity index is 1.08. The van der Waals surface area contributed by atoms with Gasteiger partial charge in [0.05, 0.1) is 0 Å². The monoisotopic (exact) mass is 715 g/mol. The Morgan fingerprint density at radius 3 is 1.87 bits per heavy atom. The zero-order valence-electron chi connectivity index (χ0n) is 28.9. The van der Waals surface area contributed by atoms with Gasteiger partial charge in [0.15, 0.2) is 0 Å². The van der Waals surface area contributed by atoms with Crippen LogP contribution in [0.5, 0.6) is 0 Å². The van der Waals surface area contributed by atoms with Gasteiger partial charge in [-0.3, -0.25) is 0 Å². The molecule has 0 aliphatic carbocycles. The van der Waals surface area contributed by atoms with Crippen molar-refractivity contribution in [3.8, 4) is 22.3 Å². The highest BCUT2D eigenvalue weighted by atomic mass is 32.1. The standard InChI is InChI=1S/C48H33NS2Si/c1-52(2)45-26-25-40-38-12-6-8-14-43(38)51-48(40)47(45)41-24-22-36(29-46(41)52)49(35-21-23-39-37-11-5-7-13-42(37)50-44(39)28-35)34-19-17-31(18-20-34)33-16-15-30-9-3-4-10-32(30)27-33/h3-29H,1-2H3. The van der Waals surface area contributed by atoms with Gasteiger partial charge in [-0.25, -0.2) is 0 Å². The average molecular weight is 716 g/mol. The molecule has 1 nitrogen and oxygen atoms in total. The van der Waals surface area contributed by atoms with Crippen molar-refractivity contribution < 1.29 is 0 Å². The molecule has 0 amide bonds. The molecule has 3 heterocycles. The van der Waals surface area contributed by atoms with Crippen LogP contribution in [0, 0.1) is 0 Å². The van der Waals surface area contributed by atoms with Crippen LogP contribution in [0.25, 0.3) is 73.4 Å². The summed E-state index contributed by atoms with van der Waals surface area (Å²) in [5, 5.41) is 11.0. The van der Waals surface area contributed by atoms with Gasteiger partial charge >= 0.3 is 0 Å². The normalized spacial score (nSPS) is 13.3. The quantitative estimate of drug-likeness (QED) is 0.164. The molecule has 1 aliphatic heterocycles. The van der Waals surface area contributed by atoms with Gasteiger partial charge in [-0.1, -0.05) is 122 Å². The lowest BCUT2D eigenvalue weighted by Gasteiger charge is -2.28. The van der Waals surface area contributed by atoms with Crippen molar-refractivity contribution in [3.63, 3.8) is 0 Å². The molecule has 0 bridgehead atoms. The summed E-state index contributed by atoms with van der Waals surface area (Å²) in [6.45, 7) is 5.07. The topological polar surface area (TPSA) is 3.24 Å². The number of benzene rings is 8. The molecule has 52 heavy (non-hydrogen) atoms. The number of anilines is 3. The summed E-state index contributed by atoms with van der Waals surface area (Å²) in [4.78, 5) is 2.47. The van der Waals surface area contributed by atoms with Crippen LogP contribution in [0.3, 0.4) is 0 Å². The lowest BCUT2D eigenvalue weighted by Crippen LogP contribution is -2.49. The molecule has 0 spiro atoms. The molecule has 11 rings (SSSR count). The molecule has 4 heteroatoms. The number of hydrogen-bond donors (Lipinski definition) is 0. The maximum atomic E-state index is 2.53. The van der Waals surface area contributed by atoms with Gasteiger partial charge in [0.2, 0.25) is 0 Å². The average Bonchev–Trinajstić information content (AvgIpc) is 3.82. The van der Waals surface area contributed by atoms with Crippen molar-refractivity contribution in [2.45, 2.75) is 13.1 Å². The van der Waals surface area contributed by atoms with Crippen LogP contribution in [-0.2, 0) is 0 Å². The molecular weight excluding hydrogens is 683 g/mol. The second-order valence-corrected chi connectivity index (χ2v) is 21.0. The van der Waals surface area contributed by atoms with Crippen molar-refractivity contribution in [2.24, 2.45) is 0 Å². The highest BCUT2D eigenvalue weighted by Crippen LogP contribution is 2.45. The summed E-state index contributed by atoms with van der Waals surface area (Å²) in [6.07, 6.45) is 0. The molecule has 0 atom stereocenters. The Morgan fingerprint density at radius 2 is 1.04 bits per heavy atom. The minimum Gasteiger partial charge on any atom is -0.310 e. The molecular formula is C48H33NS2Si. The van der Waals surface area contributed by atoms with Crippen LogP contribution in [-0.4, -0.2) is 8.07 Å². The Hall–Kier alpha value is -5.52. The fraction of sp³-hybridized carbons (Fsp3) is 0.0417. The maximum Gasteiger partial charge on any atom is 0.114 e. The summed E-state index contributed by atoms with van der Waals surface area (Å²) >= 11 is 3.83. The van der Waals surface area contributed by atoms with Crippen LogP contribution in [0.2, 0.25) is 13.1 Å². The molecule has 0 saturated heterocycles.